The van der Waals surface area contributed by atoms with Crippen LogP contribution in [0.25, 0.3) is 0 Å². The van der Waals surface area contributed by atoms with Crippen molar-refractivity contribution in [2.45, 2.75) is 64.2 Å². The molecule has 0 amide bonds. The zero-order chi connectivity index (χ0) is 12.3. The van der Waals surface area contributed by atoms with Crippen molar-refractivity contribution in [1.29, 1.82) is 0 Å². The highest BCUT2D eigenvalue weighted by Gasteiger charge is 2.19. The molecule has 0 atom stereocenters. The topological polar surface area (TPSA) is 64.7 Å². The van der Waals surface area contributed by atoms with Gasteiger partial charge in [0.05, 0.1) is 0 Å². The van der Waals surface area contributed by atoms with Gasteiger partial charge in [-0.1, -0.05) is 39.5 Å². The van der Waals surface area contributed by atoms with Gasteiger partial charge in [0.1, 0.15) is 11.6 Å². The first kappa shape index (κ1) is 12.3. The van der Waals surface area contributed by atoms with Crippen molar-refractivity contribution < 1.29 is 0 Å². The number of hydrogen-bond acceptors (Lipinski definition) is 4. The molecule has 0 radical (unpaired) electrons. The normalized spacial score (nSPS) is 18.3. The third kappa shape index (κ3) is 3.14. The van der Waals surface area contributed by atoms with Crippen molar-refractivity contribution in [2.24, 2.45) is 0 Å². The van der Waals surface area contributed by atoms with E-state index in [1.165, 1.54) is 38.5 Å². The van der Waals surface area contributed by atoms with E-state index in [1.54, 1.807) is 0 Å². The quantitative estimate of drug-likeness (QED) is 0.799. The summed E-state index contributed by atoms with van der Waals surface area (Å²) >= 11 is 0. The summed E-state index contributed by atoms with van der Waals surface area (Å²) in [5.41, 5.74) is 5.78. The third-order valence-electron chi connectivity index (χ3n) is 3.42. The molecule has 1 aromatic heterocycles. The van der Waals surface area contributed by atoms with Crippen molar-refractivity contribution in [3.8, 4) is 0 Å². The summed E-state index contributed by atoms with van der Waals surface area (Å²) in [6.45, 7) is 4.18. The van der Waals surface area contributed by atoms with E-state index in [0.717, 1.165) is 11.6 Å². The van der Waals surface area contributed by atoms with Gasteiger partial charge in [0, 0.05) is 11.8 Å². The summed E-state index contributed by atoms with van der Waals surface area (Å²) < 4.78 is 0. The van der Waals surface area contributed by atoms with Gasteiger partial charge in [0.25, 0.3) is 0 Å². The molecule has 2 rings (SSSR count). The smallest absolute Gasteiger partial charge is 0.223 e. The SMILES string of the molecule is CC(C)c1nc(N)nc(C2CCCCCC2)n1. The van der Waals surface area contributed by atoms with Crippen molar-refractivity contribution in [1.82, 2.24) is 15.0 Å². The predicted molar refractivity (Wildman–Crippen MR) is 68.8 cm³/mol. The second-order valence-corrected chi connectivity index (χ2v) is 5.25. The summed E-state index contributed by atoms with van der Waals surface area (Å²) in [5.74, 6) is 2.92. The van der Waals surface area contributed by atoms with Crippen LogP contribution in [0.15, 0.2) is 0 Å². The standard InChI is InChI=1S/C13H22N4/c1-9(2)11-15-12(17-13(14)16-11)10-7-5-3-4-6-8-10/h9-10H,3-8H2,1-2H3,(H2,14,15,16,17). The highest BCUT2D eigenvalue weighted by molar-refractivity contribution is 5.18. The summed E-state index contributed by atoms with van der Waals surface area (Å²) in [5, 5.41) is 0. The molecule has 94 valence electrons. The van der Waals surface area contributed by atoms with Crippen LogP contribution in [-0.2, 0) is 0 Å². The van der Waals surface area contributed by atoms with E-state index in [0.29, 0.717) is 17.8 Å². The van der Waals surface area contributed by atoms with E-state index in [4.69, 9.17) is 5.73 Å². The van der Waals surface area contributed by atoms with Gasteiger partial charge >= 0.3 is 0 Å². The van der Waals surface area contributed by atoms with E-state index in [9.17, 15) is 0 Å². The Bertz CT molecular complexity index is 368. The minimum absolute atomic E-state index is 0.310. The minimum Gasteiger partial charge on any atom is -0.368 e. The molecule has 0 bridgehead atoms. The first-order chi connectivity index (χ1) is 8.16. The number of nitrogen functional groups attached to an aromatic ring is 1. The molecule has 1 aliphatic rings. The molecule has 0 saturated heterocycles. The van der Waals surface area contributed by atoms with E-state index >= 15 is 0 Å². The van der Waals surface area contributed by atoms with Crippen molar-refractivity contribution in [3.05, 3.63) is 11.6 Å². The fourth-order valence-electron chi connectivity index (χ4n) is 2.41. The summed E-state index contributed by atoms with van der Waals surface area (Å²) in [4.78, 5) is 13.1. The number of anilines is 1. The van der Waals surface area contributed by atoms with Crippen LogP contribution in [0.5, 0.6) is 0 Å². The van der Waals surface area contributed by atoms with Gasteiger partial charge in [-0.3, -0.25) is 0 Å². The Balaban J connectivity index is 2.23. The van der Waals surface area contributed by atoms with Crippen molar-refractivity contribution >= 4 is 5.95 Å². The number of nitrogens with zero attached hydrogens (tertiary/aromatic N) is 3. The number of nitrogens with two attached hydrogens (primary N) is 1. The minimum atomic E-state index is 0.310. The highest BCUT2D eigenvalue weighted by atomic mass is 15.1. The Morgan fingerprint density at radius 2 is 1.65 bits per heavy atom. The Morgan fingerprint density at radius 3 is 2.24 bits per heavy atom. The Labute approximate surface area is 103 Å². The number of aromatic nitrogens is 3. The van der Waals surface area contributed by atoms with Crippen LogP contribution < -0.4 is 5.73 Å². The molecule has 1 heterocycles. The molecular weight excluding hydrogens is 212 g/mol. The Kier molecular flexibility index (Phi) is 3.92. The van der Waals surface area contributed by atoms with E-state index in [1.807, 2.05) is 0 Å². The molecule has 1 fully saturated rings. The van der Waals surface area contributed by atoms with Gasteiger partial charge in [-0.15, -0.1) is 0 Å². The first-order valence-electron chi connectivity index (χ1n) is 6.68. The lowest BCUT2D eigenvalue weighted by molar-refractivity contribution is 0.551. The van der Waals surface area contributed by atoms with Gasteiger partial charge in [0.2, 0.25) is 5.95 Å². The molecule has 0 aromatic carbocycles. The van der Waals surface area contributed by atoms with E-state index in [-0.39, 0.29) is 0 Å². The van der Waals surface area contributed by atoms with Crippen LogP contribution >= 0.6 is 0 Å². The Morgan fingerprint density at radius 1 is 1.00 bits per heavy atom. The summed E-state index contributed by atoms with van der Waals surface area (Å²) in [6.07, 6.45) is 7.64. The molecule has 1 aliphatic carbocycles. The van der Waals surface area contributed by atoms with Crippen LogP contribution in [0, 0.1) is 0 Å². The van der Waals surface area contributed by atoms with Crippen LogP contribution in [0.2, 0.25) is 0 Å². The average molecular weight is 234 g/mol. The average Bonchev–Trinajstić information content (AvgIpc) is 2.56. The van der Waals surface area contributed by atoms with Crippen molar-refractivity contribution in [2.75, 3.05) is 5.73 Å². The van der Waals surface area contributed by atoms with Crippen LogP contribution in [-0.4, -0.2) is 15.0 Å². The molecular formula is C13H22N4. The van der Waals surface area contributed by atoms with Gasteiger partial charge in [-0.2, -0.15) is 9.97 Å². The summed E-state index contributed by atoms with van der Waals surface area (Å²) in [7, 11) is 0. The van der Waals surface area contributed by atoms with Gasteiger partial charge in [-0.05, 0) is 12.8 Å². The van der Waals surface area contributed by atoms with E-state index in [2.05, 4.69) is 28.8 Å². The van der Waals surface area contributed by atoms with Gasteiger partial charge in [-0.25, -0.2) is 4.98 Å². The number of rotatable bonds is 2. The second-order valence-electron chi connectivity index (χ2n) is 5.25. The Hall–Kier alpha value is -1.19. The van der Waals surface area contributed by atoms with Crippen molar-refractivity contribution in [3.63, 3.8) is 0 Å². The molecule has 4 nitrogen and oxygen atoms in total. The fourth-order valence-corrected chi connectivity index (χ4v) is 2.41. The molecule has 4 heteroatoms. The fraction of sp³-hybridized carbons (Fsp3) is 0.769. The predicted octanol–water partition coefficient (Wildman–Crippen LogP) is 3.02. The lowest BCUT2D eigenvalue weighted by Crippen LogP contribution is -2.12. The zero-order valence-electron chi connectivity index (χ0n) is 10.8. The highest BCUT2D eigenvalue weighted by Crippen LogP contribution is 2.30. The zero-order valence-corrected chi connectivity index (χ0v) is 10.8. The van der Waals surface area contributed by atoms with E-state index < -0.39 is 0 Å². The monoisotopic (exact) mass is 234 g/mol. The number of hydrogen-bond donors (Lipinski definition) is 1. The molecule has 0 unspecified atom stereocenters. The van der Waals surface area contributed by atoms with Crippen LogP contribution in [0.3, 0.4) is 0 Å². The van der Waals surface area contributed by atoms with Crippen LogP contribution in [0.4, 0.5) is 5.95 Å². The van der Waals surface area contributed by atoms with Crippen LogP contribution in [0.1, 0.15) is 75.9 Å². The molecule has 1 aromatic rings. The van der Waals surface area contributed by atoms with Gasteiger partial charge in [0.15, 0.2) is 0 Å². The molecule has 17 heavy (non-hydrogen) atoms. The third-order valence-corrected chi connectivity index (χ3v) is 3.42. The maximum absolute atomic E-state index is 5.78. The molecule has 0 spiro atoms. The molecule has 1 saturated carbocycles. The largest absolute Gasteiger partial charge is 0.368 e. The maximum atomic E-state index is 5.78. The lowest BCUT2D eigenvalue weighted by Gasteiger charge is -2.14. The lowest BCUT2D eigenvalue weighted by atomic mass is 9.99. The van der Waals surface area contributed by atoms with Gasteiger partial charge < -0.3 is 5.73 Å². The molecule has 0 aliphatic heterocycles. The molecule has 2 N–H and O–H groups in total. The maximum Gasteiger partial charge on any atom is 0.223 e. The summed E-state index contributed by atoms with van der Waals surface area (Å²) in [6, 6.07) is 0. The second kappa shape index (κ2) is 5.43. The first-order valence-corrected chi connectivity index (χ1v) is 6.68.